The minimum absolute atomic E-state index is 0.196. The third kappa shape index (κ3) is 4.68. The molecule has 35 heavy (non-hydrogen) atoms. The van der Waals surface area contributed by atoms with Crippen LogP contribution in [0.15, 0.2) is 61.9 Å². The van der Waals surface area contributed by atoms with Crippen molar-refractivity contribution in [1.29, 1.82) is 0 Å². The smallest absolute Gasteiger partial charge is 0.338 e. The molecule has 0 amide bonds. The molecule has 2 aromatic carbocycles. The van der Waals surface area contributed by atoms with Gasteiger partial charge in [0.25, 0.3) is 5.56 Å². The Morgan fingerprint density at radius 3 is 2.60 bits per heavy atom. The van der Waals surface area contributed by atoms with E-state index in [0.29, 0.717) is 47.2 Å². The van der Waals surface area contributed by atoms with E-state index >= 15 is 0 Å². The van der Waals surface area contributed by atoms with Gasteiger partial charge in [0.05, 0.1) is 41.1 Å². The molecular formula is C25H22BrClN2O5S. The Labute approximate surface area is 219 Å². The van der Waals surface area contributed by atoms with Crippen LogP contribution in [0.4, 0.5) is 0 Å². The molecule has 0 fully saturated rings. The highest BCUT2D eigenvalue weighted by Gasteiger charge is 2.34. The zero-order chi connectivity index (χ0) is 25.3. The van der Waals surface area contributed by atoms with Crippen molar-refractivity contribution >= 4 is 50.9 Å². The van der Waals surface area contributed by atoms with Crippen molar-refractivity contribution < 1.29 is 19.0 Å². The lowest BCUT2D eigenvalue weighted by atomic mass is 9.96. The zero-order valence-corrected chi connectivity index (χ0v) is 22.6. The Kier molecular flexibility index (Phi) is 7.49. The number of ether oxygens (including phenoxy) is 3. The number of allylic oxidation sites excluding steroid dienone is 1. The predicted octanol–water partition coefficient (Wildman–Crippen LogP) is 4.23. The first-order chi connectivity index (χ1) is 16.8. The number of halogens is 2. The first kappa shape index (κ1) is 25.2. The average molecular weight is 578 g/mol. The van der Waals surface area contributed by atoms with Gasteiger partial charge in [-0.1, -0.05) is 41.1 Å². The first-order valence-electron chi connectivity index (χ1n) is 10.7. The Balaban J connectivity index is 1.99. The monoisotopic (exact) mass is 576 g/mol. The standard InChI is InChI=1S/C25H22BrClN2O5S/c1-5-34-24(31)21-13(2)28-25-29(22(21)15-8-6-7-9-17(15)27)23(30)20(35-25)11-14-10-16(26)19(33-4)12-18(14)32-3/h6-12,22H,5H2,1-4H3/b20-11-/t22-/m1/s1. The Bertz CT molecular complexity index is 1530. The fraction of sp³-hybridized carbons (Fsp3) is 0.240. The van der Waals surface area contributed by atoms with Crippen LogP contribution in [0.25, 0.3) is 6.08 Å². The summed E-state index contributed by atoms with van der Waals surface area (Å²) in [6.07, 6.45) is 1.74. The van der Waals surface area contributed by atoms with E-state index in [1.165, 1.54) is 15.9 Å². The van der Waals surface area contributed by atoms with Gasteiger partial charge in [-0.05, 0) is 53.5 Å². The highest BCUT2D eigenvalue weighted by Crippen LogP contribution is 2.35. The van der Waals surface area contributed by atoms with E-state index < -0.39 is 12.0 Å². The molecule has 1 aromatic heterocycles. The number of carbonyl (C=O) groups excluding carboxylic acids is 1. The molecule has 0 aliphatic carbocycles. The van der Waals surface area contributed by atoms with Gasteiger partial charge in [0.1, 0.15) is 17.5 Å². The highest BCUT2D eigenvalue weighted by atomic mass is 79.9. The van der Waals surface area contributed by atoms with Crippen LogP contribution in [0.2, 0.25) is 5.02 Å². The maximum Gasteiger partial charge on any atom is 0.338 e. The number of esters is 1. The molecule has 1 aliphatic rings. The summed E-state index contributed by atoms with van der Waals surface area (Å²) in [4.78, 5) is 31.8. The molecular weight excluding hydrogens is 556 g/mol. The second kappa shape index (κ2) is 10.4. The molecule has 7 nitrogen and oxygen atoms in total. The summed E-state index contributed by atoms with van der Waals surface area (Å²) >= 11 is 11.2. The maximum absolute atomic E-state index is 13.7. The van der Waals surface area contributed by atoms with E-state index in [0.717, 1.165) is 0 Å². The Morgan fingerprint density at radius 2 is 1.94 bits per heavy atom. The summed E-state index contributed by atoms with van der Waals surface area (Å²) in [6.45, 7) is 3.66. The molecule has 1 aliphatic heterocycles. The molecule has 10 heteroatoms. The second-order valence-corrected chi connectivity index (χ2v) is 9.82. The van der Waals surface area contributed by atoms with Gasteiger partial charge in [0.15, 0.2) is 4.80 Å². The fourth-order valence-corrected chi connectivity index (χ4v) is 5.72. The quantitative estimate of drug-likeness (QED) is 0.410. The van der Waals surface area contributed by atoms with Crippen molar-refractivity contribution in [2.24, 2.45) is 4.99 Å². The van der Waals surface area contributed by atoms with Crippen LogP contribution in [0.5, 0.6) is 11.5 Å². The summed E-state index contributed by atoms with van der Waals surface area (Å²) in [5, 5.41) is 0.435. The van der Waals surface area contributed by atoms with Crippen LogP contribution < -0.4 is 24.4 Å². The van der Waals surface area contributed by atoms with Crippen LogP contribution in [0, 0.1) is 0 Å². The van der Waals surface area contributed by atoms with Gasteiger partial charge in [-0.15, -0.1) is 0 Å². The van der Waals surface area contributed by atoms with E-state index in [1.54, 1.807) is 58.4 Å². The van der Waals surface area contributed by atoms with Gasteiger partial charge in [0, 0.05) is 16.7 Å². The van der Waals surface area contributed by atoms with Gasteiger partial charge in [0.2, 0.25) is 0 Å². The topological polar surface area (TPSA) is 79.1 Å². The van der Waals surface area contributed by atoms with Gasteiger partial charge >= 0.3 is 5.97 Å². The average Bonchev–Trinajstić information content (AvgIpc) is 3.13. The molecule has 0 N–H and O–H groups in total. The molecule has 1 atom stereocenters. The SMILES string of the molecule is CCOC(=O)C1=C(C)N=c2s/c(=C\c3cc(Br)c(OC)cc3OC)c(=O)n2[C@@H]1c1ccccc1Cl. The number of methoxy groups -OCH3 is 2. The Hall–Kier alpha value is -2.88. The number of hydrogen-bond donors (Lipinski definition) is 0. The zero-order valence-electron chi connectivity index (χ0n) is 19.4. The number of rotatable bonds is 6. The summed E-state index contributed by atoms with van der Waals surface area (Å²) in [5.41, 5.74) is 1.75. The third-order valence-corrected chi connectivity index (χ3v) is 7.45. The fourth-order valence-electron chi connectivity index (χ4n) is 3.92. The van der Waals surface area contributed by atoms with Crippen molar-refractivity contribution in [1.82, 2.24) is 4.57 Å². The minimum atomic E-state index is -0.773. The lowest BCUT2D eigenvalue weighted by Gasteiger charge is -2.25. The molecule has 0 bridgehead atoms. The molecule has 0 radical (unpaired) electrons. The van der Waals surface area contributed by atoms with Gasteiger partial charge in [-0.25, -0.2) is 9.79 Å². The summed E-state index contributed by atoms with van der Waals surface area (Å²) in [5.74, 6) is 0.615. The van der Waals surface area contributed by atoms with E-state index in [9.17, 15) is 9.59 Å². The number of fused-ring (bicyclic) bond motifs is 1. The number of aromatic nitrogens is 1. The first-order valence-corrected chi connectivity index (χ1v) is 12.6. The minimum Gasteiger partial charge on any atom is -0.496 e. The van der Waals surface area contributed by atoms with Gasteiger partial charge in [-0.2, -0.15) is 0 Å². The maximum atomic E-state index is 13.7. The number of benzene rings is 2. The normalized spacial score (nSPS) is 15.5. The highest BCUT2D eigenvalue weighted by molar-refractivity contribution is 9.10. The van der Waals surface area contributed by atoms with E-state index in [1.807, 2.05) is 12.1 Å². The van der Waals surface area contributed by atoms with Crippen LogP contribution >= 0.6 is 38.9 Å². The van der Waals surface area contributed by atoms with Crippen molar-refractivity contribution in [2.45, 2.75) is 19.9 Å². The van der Waals surface area contributed by atoms with Gasteiger partial charge in [-0.3, -0.25) is 9.36 Å². The molecule has 0 saturated carbocycles. The van der Waals surface area contributed by atoms with Crippen LogP contribution in [0.3, 0.4) is 0 Å². The number of thiazole rings is 1. The molecule has 182 valence electrons. The lowest BCUT2D eigenvalue weighted by molar-refractivity contribution is -0.139. The van der Waals surface area contributed by atoms with Crippen molar-refractivity contribution in [2.75, 3.05) is 20.8 Å². The van der Waals surface area contributed by atoms with E-state index in [4.69, 9.17) is 25.8 Å². The molecule has 2 heterocycles. The second-order valence-electron chi connectivity index (χ2n) is 7.55. The Morgan fingerprint density at radius 1 is 1.23 bits per heavy atom. The van der Waals surface area contributed by atoms with E-state index in [-0.39, 0.29) is 17.7 Å². The van der Waals surface area contributed by atoms with Gasteiger partial charge < -0.3 is 14.2 Å². The lowest BCUT2D eigenvalue weighted by Crippen LogP contribution is -2.40. The molecule has 0 saturated heterocycles. The number of hydrogen-bond acceptors (Lipinski definition) is 7. The summed E-state index contributed by atoms with van der Waals surface area (Å²) in [7, 11) is 3.11. The predicted molar refractivity (Wildman–Crippen MR) is 139 cm³/mol. The van der Waals surface area contributed by atoms with Crippen molar-refractivity contribution in [3.8, 4) is 11.5 Å². The van der Waals surface area contributed by atoms with Crippen LogP contribution in [-0.2, 0) is 9.53 Å². The summed E-state index contributed by atoms with van der Waals surface area (Å²) < 4.78 is 18.8. The van der Waals surface area contributed by atoms with E-state index in [2.05, 4.69) is 20.9 Å². The number of carbonyl (C=O) groups is 1. The van der Waals surface area contributed by atoms with Crippen molar-refractivity contribution in [3.63, 3.8) is 0 Å². The number of nitrogens with zero attached hydrogens (tertiary/aromatic N) is 2. The summed E-state index contributed by atoms with van der Waals surface area (Å²) in [6, 6.07) is 9.92. The molecule has 0 unspecified atom stereocenters. The van der Waals surface area contributed by atoms with Crippen LogP contribution in [-0.4, -0.2) is 31.4 Å². The largest absolute Gasteiger partial charge is 0.496 e. The van der Waals surface area contributed by atoms with Crippen LogP contribution in [0.1, 0.15) is 31.0 Å². The van der Waals surface area contributed by atoms with Crippen molar-refractivity contribution in [3.05, 3.63) is 88.0 Å². The third-order valence-electron chi connectivity index (χ3n) is 5.51. The molecule has 3 aromatic rings. The molecule has 0 spiro atoms. The molecule has 4 rings (SSSR count).